The summed E-state index contributed by atoms with van der Waals surface area (Å²) in [6, 6.07) is 7.01. The minimum Gasteiger partial charge on any atom is -0.307 e. The maximum absolute atomic E-state index is 3.86. The highest BCUT2D eigenvalue weighted by atomic mass is 15.0. The number of hydrogen-bond donors (Lipinski definition) is 1. The number of rotatable bonds is 2. The Balaban J connectivity index is 2.42. The van der Waals surface area contributed by atoms with Crippen LogP contribution in [0.25, 0.3) is 0 Å². The Morgan fingerprint density at radius 2 is 1.83 bits per heavy atom. The molecule has 0 spiro atoms. The maximum Gasteiger partial charge on any atom is 0.0457 e. The summed E-state index contributed by atoms with van der Waals surface area (Å²) < 4.78 is 0. The number of hydrogen-bond acceptors (Lipinski definition) is 1. The summed E-state index contributed by atoms with van der Waals surface area (Å²) in [6.07, 6.45) is 5.30. The molecule has 1 fully saturated rings. The van der Waals surface area contributed by atoms with Gasteiger partial charge in [0, 0.05) is 5.54 Å². The number of nitrogens with one attached hydrogen (secondary N) is 1. The molecule has 1 aromatic rings. The van der Waals surface area contributed by atoms with Crippen molar-refractivity contribution in [2.75, 3.05) is 6.54 Å². The Morgan fingerprint density at radius 1 is 1.06 bits per heavy atom. The molecule has 0 aromatic heterocycles. The molecule has 0 aliphatic carbocycles. The molecule has 1 heterocycles. The van der Waals surface area contributed by atoms with Crippen molar-refractivity contribution >= 4 is 0 Å². The van der Waals surface area contributed by atoms with Crippen LogP contribution in [-0.4, -0.2) is 6.54 Å². The van der Waals surface area contributed by atoms with Gasteiger partial charge in [-0.25, -0.2) is 0 Å². The Kier molecular flexibility index (Phi) is 4.11. The lowest BCUT2D eigenvalue weighted by Crippen LogP contribution is -2.46. The zero-order chi connectivity index (χ0) is 13.2. The zero-order valence-electron chi connectivity index (χ0n) is 12.3. The van der Waals surface area contributed by atoms with Crippen LogP contribution in [0.4, 0.5) is 0 Å². The van der Waals surface area contributed by atoms with Crippen molar-refractivity contribution in [3.05, 3.63) is 34.9 Å². The minimum atomic E-state index is 0.189. The van der Waals surface area contributed by atoms with E-state index in [2.05, 4.69) is 51.2 Å². The topological polar surface area (TPSA) is 12.0 Å². The van der Waals surface area contributed by atoms with E-state index in [9.17, 15) is 0 Å². The molecule has 1 aliphatic heterocycles. The molecular formula is C17H27N. The molecule has 1 nitrogen and oxygen atoms in total. The summed E-state index contributed by atoms with van der Waals surface area (Å²) in [7, 11) is 0. The van der Waals surface area contributed by atoms with Crippen LogP contribution in [0.15, 0.2) is 18.2 Å². The van der Waals surface area contributed by atoms with Gasteiger partial charge in [-0.3, -0.25) is 0 Å². The SMILES string of the molecule is Cc1ccc(C2(C(C)C)CCCCCN2)cc1C. The van der Waals surface area contributed by atoms with Crippen molar-refractivity contribution in [3.63, 3.8) is 0 Å². The molecule has 1 unspecified atom stereocenters. The monoisotopic (exact) mass is 245 g/mol. The quantitative estimate of drug-likeness (QED) is 0.818. The van der Waals surface area contributed by atoms with Gasteiger partial charge in [0.1, 0.15) is 0 Å². The van der Waals surface area contributed by atoms with Crippen LogP contribution >= 0.6 is 0 Å². The molecule has 0 amide bonds. The molecule has 0 bridgehead atoms. The van der Waals surface area contributed by atoms with E-state index in [0.717, 1.165) is 6.54 Å². The molecule has 1 aliphatic rings. The molecule has 100 valence electrons. The van der Waals surface area contributed by atoms with E-state index < -0.39 is 0 Å². The summed E-state index contributed by atoms with van der Waals surface area (Å²) in [4.78, 5) is 0. The third kappa shape index (κ3) is 2.47. The lowest BCUT2D eigenvalue weighted by atomic mass is 9.76. The van der Waals surface area contributed by atoms with Crippen LogP contribution in [0.1, 0.15) is 56.2 Å². The van der Waals surface area contributed by atoms with Gasteiger partial charge in [0.15, 0.2) is 0 Å². The molecule has 1 aromatic carbocycles. The first-order valence-corrected chi connectivity index (χ1v) is 7.39. The molecule has 1 atom stereocenters. The van der Waals surface area contributed by atoms with Gasteiger partial charge < -0.3 is 5.32 Å². The molecular weight excluding hydrogens is 218 g/mol. The Labute approximate surface area is 112 Å². The average molecular weight is 245 g/mol. The Hall–Kier alpha value is -0.820. The molecule has 0 saturated carbocycles. The highest BCUT2D eigenvalue weighted by molar-refractivity contribution is 5.35. The molecule has 1 N–H and O–H groups in total. The molecule has 1 saturated heterocycles. The van der Waals surface area contributed by atoms with Gasteiger partial charge in [-0.1, -0.05) is 44.9 Å². The van der Waals surface area contributed by atoms with E-state index in [-0.39, 0.29) is 5.54 Å². The molecule has 1 heteroatoms. The zero-order valence-corrected chi connectivity index (χ0v) is 12.3. The fourth-order valence-electron chi connectivity index (χ4n) is 3.20. The van der Waals surface area contributed by atoms with Gasteiger partial charge >= 0.3 is 0 Å². The van der Waals surface area contributed by atoms with Gasteiger partial charge in [-0.05, 0) is 55.8 Å². The van der Waals surface area contributed by atoms with Crippen LogP contribution in [0.3, 0.4) is 0 Å². The van der Waals surface area contributed by atoms with Crippen LogP contribution in [0, 0.1) is 19.8 Å². The lowest BCUT2D eigenvalue weighted by Gasteiger charge is -2.39. The first kappa shape index (κ1) is 13.6. The largest absolute Gasteiger partial charge is 0.307 e. The third-order valence-corrected chi connectivity index (χ3v) is 4.70. The van der Waals surface area contributed by atoms with E-state index >= 15 is 0 Å². The normalized spacial score (nSPS) is 25.2. The van der Waals surface area contributed by atoms with E-state index in [1.165, 1.54) is 42.4 Å². The standard InChI is InChI=1S/C17H27N/c1-13(2)17(10-6-5-7-11-18-17)16-9-8-14(3)15(4)12-16/h8-9,12-13,18H,5-7,10-11H2,1-4H3. The van der Waals surface area contributed by atoms with Crippen molar-refractivity contribution in [1.29, 1.82) is 0 Å². The van der Waals surface area contributed by atoms with E-state index in [4.69, 9.17) is 0 Å². The highest BCUT2D eigenvalue weighted by Gasteiger charge is 2.35. The lowest BCUT2D eigenvalue weighted by molar-refractivity contribution is 0.230. The van der Waals surface area contributed by atoms with Gasteiger partial charge in [0.05, 0.1) is 0 Å². The number of benzene rings is 1. The summed E-state index contributed by atoms with van der Waals surface area (Å²) in [5, 5.41) is 3.86. The summed E-state index contributed by atoms with van der Waals surface area (Å²) in [5.41, 5.74) is 4.49. The summed E-state index contributed by atoms with van der Waals surface area (Å²) in [5.74, 6) is 0.637. The number of aryl methyl sites for hydroxylation is 2. The van der Waals surface area contributed by atoms with Crippen LogP contribution in [0.2, 0.25) is 0 Å². The predicted octanol–water partition coefficient (Wildman–Crippen LogP) is 4.32. The van der Waals surface area contributed by atoms with Crippen molar-refractivity contribution in [2.24, 2.45) is 5.92 Å². The molecule has 0 radical (unpaired) electrons. The fourth-order valence-corrected chi connectivity index (χ4v) is 3.20. The van der Waals surface area contributed by atoms with E-state index in [1.54, 1.807) is 0 Å². The second kappa shape index (κ2) is 5.44. The van der Waals surface area contributed by atoms with Crippen LogP contribution in [-0.2, 0) is 5.54 Å². The second-order valence-electron chi connectivity index (χ2n) is 6.16. The summed E-state index contributed by atoms with van der Waals surface area (Å²) in [6.45, 7) is 10.3. The first-order chi connectivity index (χ1) is 8.56. The van der Waals surface area contributed by atoms with Crippen LogP contribution < -0.4 is 5.32 Å². The predicted molar refractivity (Wildman–Crippen MR) is 78.9 cm³/mol. The van der Waals surface area contributed by atoms with E-state index in [1.807, 2.05) is 0 Å². The van der Waals surface area contributed by atoms with Gasteiger partial charge in [0.25, 0.3) is 0 Å². The average Bonchev–Trinajstić information content (AvgIpc) is 2.59. The Bertz CT molecular complexity index is 398. The van der Waals surface area contributed by atoms with Crippen molar-refractivity contribution in [1.82, 2.24) is 5.32 Å². The van der Waals surface area contributed by atoms with Gasteiger partial charge in [0.2, 0.25) is 0 Å². The van der Waals surface area contributed by atoms with Gasteiger partial charge in [-0.15, -0.1) is 0 Å². The molecule has 2 rings (SSSR count). The minimum absolute atomic E-state index is 0.189. The first-order valence-electron chi connectivity index (χ1n) is 7.39. The summed E-state index contributed by atoms with van der Waals surface area (Å²) >= 11 is 0. The smallest absolute Gasteiger partial charge is 0.0457 e. The maximum atomic E-state index is 3.86. The van der Waals surface area contributed by atoms with Crippen molar-refractivity contribution in [2.45, 2.75) is 58.9 Å². The van der Waals surface area contributed by atoms with Gasteiger partial charge in [-0.2, -0.15) is 0 Å². The second-order valence-corrected chi connectivity index (χ2v) is 6.16. The third-order valence-electron chi connectivity index (χ3n) is 4.70. The van der Waals surface area contributed by atoms with E-state index in [0.29, 0.717) is 5.92 Å². The van der Waals surface area contributed by atoms with Crippen LogP contribution in [0.5, 0.6) is 0 Å². The molecule has 18 heavy (non-hydrogen) atoms. The van der Waals surface area contributed by atoms with Crippen molar-refractivity contribution in [3.8, 4) is 0 Å². The van der Waals surface area contributed by atoms with Crippen molar-refractivity contribution < 1.29 is 0 Å². The highest BCUT2D eigenvalue weighted by Crippen LogP contribution is 2.37. The fraction of sp³-hybridized carbons (Fsp3) is 0.647. The Morgan fingerprint density at radius 3 is 2.50 bits per heavy atom.